The Bertz CT molecular complexity index is 1320. The van der Waals surface area contributed by atoms with Crippen LogP contribution in [0.5, 0.6) is 0 Å². The summed E-state index contributed by atoms with van der Waals surface area (Å²) in [6.45, 7) is 12.9. The maximum Gasteiger partial charge on any atom is 0.330 e. The number of hydrogen-bond acceptors (Lipinski definition) is 16. The number of ether oxygens (including phenoxy) is 8. The van der Waals surface area contributed by atoms with Gasteiger partial charge in [-0.1, -0.05) is 32.7 Å². The normalized spacial score (nSPS) is 17.3. The second-order valence-corrected chi connectivity index (χ2v) is 12.2. The van der Waals surface area contributed by atoms with Crippen molar-refractivity contribution in [2.75, 3.05) is 33.0 Å². The van der Waals surface area contributed by atoms with Crippen LogP contribution in [0.25, 0.3) is 0 Å². The molecule has 1 saturated heterocycles. The molecule has 0 bridgehead atoms. The number of rotatable bonds is 30. The Hall–Kier alpha value is -5.12. The van der Waals surface area contributed by atoms with Crippen LogP contribution in [-0.2, 0) is 76.3 Å². The van der Waals surface area contributed by atoms with E-state index in [4.69, 9.17) is 37.9 Å². The summed E-state index contributed by atoms with van der Waals surface area (Å²) in [5.41, 5.74) is 0. The first-order valence-corrected chi connectivity index (χ1v) is 18.3. The predicted molar refractivity (Wildman–Crippen MR) is 194 cm³/mol. The van der Waals surface area contributed by atoms with Gasteiger partial charge in [-0.25, -0.2) is 14.4 Å². The minimum Gasteiger partial charge on any atom is -0.463 e. The van der Waals surface area contributed by atoms with Crippen LogP contribution in [0.4, 0.5) is 0 Å². The van der Waals surface area contributed by atoms with Gasteiger partial charge in [0.2, 0.25) is 0 Å². The highest BCUT2D eigenvalue weighted by molar-refractivity contribution is 5.89. The van der Waals surface area contributed by atoms with Gasteiger partial charge >= 0.3 is 41.8 Å². The zero-order valence-corrected chi connectivity index (χ0v) is 31.4. The smallest absolute Gasteiger partial charge is 0.330 e. The van der Waals surface area contributed by atoms with E-state index in [1.807, 2.05) is 0 Å². The highest BCUT2D eigenvalue weighted by atomic mass is 16.7. The third-order valence-corrected chi connectivity index (χ3v) is 7.85. The number of hydrogen-bond donors (Lipinski definition) is 0. The van der Waals surface area contributed by atoms with Crippen LogP contribution in [0.15, 0.2) is 50.6 Å². The molecule has 55 heavy (non-hydrogen) atoms. The zero-order valence-electron chi connectivity index (χ0n) is 31.4. The Balaban J connectivity index is 3.09. The summed E-state index contributed by atoms with van der Waals surface area (Å²) in [6, 6.07) is 0. The molecule has 1 heterocycles. The largest absolute Gasteiger partial charge is 0.463 e. The summed E-state index contributed by atoms with van der Waals surface area (Å²) in [5, 5.41) is 0. The molecule has 0 unspecified atom stereocenters. The maximum absolute atomic E-state index is 13.1. The summed E-state index contributed by atoms with van der Waals surface area (Å²) in [6.07, 6.45) is 2.60. The number of allylic oxidation sites excluding steroid dienone is 1. The number of carbonyl (C=O) groups excluding carboxylic acids is 8. The first kappa shape index (κ1) is 47.9. The molecule has 0 spiro atoms. The van der Waals surface area contributed by atoms with Gasteiger partial charge in [0, 0.05) is 50.3 Å². The van der Waals surface area contributed by atoms with Gasteiger partial charge in [-0.2, -0.15) is 0 Å². The van der Waals surface area contributed by atoms with Crippen molar-refractivity contribution in [3.8, 4) is 0 Å². The average molecular weight is 779 g/mol. The lowest BCUT2D eigenvalue weighted by atomic mass is 9.99. The lowest BCUT2D eigenvalue weighted by Gasteiger charge is -2.40. The molecule has 0 N–H and O–H groups in total. The molecule has 1 rings (SSSR count). The molecule has 0 aromatic carbocycles. The van der Waals surface area contributed by atoms with E-state index < -0.39 is 72.8 Å². The van der Waals surface area contributed by atoms with E-state index in [2.05, 4.69) is 26.3 Å². The molecule has 1 fully saturated rings. The van der Waals surface area contributed by atoms with E-state index in [-0.39, 0.29) is 70.7 Å². The lowest BCUT2D eigenvalue weighted by molar-refractivity contribution is -0.233. The van der Waals surface area contributed by atoms with Crippen molar-refractivity contribution in [3.63, 3.8) is 0 Å². The minimum atomic E-state index is -1.37. The van der Waals surface area contributed by atoms with E-state index >= 15 is 0 Å². The third kappa shape index (κ3) is 22.6. The van der Waals surface area contributed by atoms with Crippen LogP contribution in [0.2, 0.25) is 0 Å². The number of ketones is 1. The maximum atomic E-state index is 13.1. The molecular weight excluding hydrogens is 724 g/mol. The molecule has 306 valence electrons. The van der Waals surface area contributed by atoms with E-state index in [9.17, 15) is 38.4 Å². The molecule has 0 saturated carbocycles. The Morgan fingerprint density at radius 1 is 0.473 bits per heavy atom. The van der Waals surface area contributed by atoms with E-state index in [1.165, 1.54) is 6.08 Å². The molecule has 0 aromatic heterocycles. The summed E-state index contributed by atoms with van der Waals surface area (Å²) in [4.78, 5) is 97.0. The second kappa shape index (κ2) is 29.3. The third-order valence-electron chi connectivity index (χ3n) is 7.85. The molecule has 4 atom stereocenters. The zero-order chi connectivity index (χ0) is 40.8. The van der Waals surface area contributed by atoms with Gasteiger partial charge in [0.25, 0.3) is 0 Å². The monoisotopic (exact) mass is 778 g/mol. The Labute approximate surface area is 321 Å². The van der Waals surface area contributed by atoms with Gasteiger partial charge in [-0.05, 0) is 57.4 Å². The topological polar surface area (TPSA) is 210 Å². The first-order valence-electron chi connectivity index (χ1n) is 18.3. The average Bonchev–Trinajstić information content (AvgIpc) is 3.17. The van der Waals surface area contributed by atoms with Gasteiger partial charge in [0.15, 0.2) is 24.1 Å². The van der Waals surface area contributed by atoms with Crippen LogP contribution in [0.3, 0.4) is 0 Å². The fourth-order valence-corrected chi connectivity index (χ4v) is 4.91. The van der Waals surface area contributed by atoms with Crippen LogP contribution in [0, 0.1) is 0 Å². The van der Waals surface area contributed by atoms with Gasteiger partial charge in [0.05, 0.1) is 26.4 Å². The molecule has 1 aliphatic rings. The summed E-state index contributed by atoms with van der Waals surface area (Å²) < 4.78 is 43.3. The van der Waals surface area contributed by atoms with Crippen molar-refractivity contribution in [1.82, 2.24) is 0 Å². The summed E-state index contributed by atoms with van der Waals surface area (Å²) in [7, 11) is 0. The second-order valence-electron chi connectivity index (χ2n) is 12.2. The van der Waals surface area contributed by atoms with Crippen molar-refractivity contribution in [3.05, 3.63) is 50.6 Å². The Morgan fingerprint density at radius 2 is 0.891 bits per heavy atom. The highest BCUT2D eigenvalue weighted by Crippen LogP contribution is 2.27. The highest BCUT2D eigenvalue weighted by Gasteiger charge is 2.48. The Morgan fingerprint density at radius 3 is 1.36 bits per heavy atom. The summed E-state index contributed by atoms with van der Waals surface area (Å²) in [5.74, 6) is -4.63. The quantitative estimate of drug-likeness (QED) is 0.0435. The van der Waals surface area contributed by atoms with Crippen molar-refractivity contribution >= 4 is 47.6 Å². The number of esters is 7. The van der Waals surface area contributed by atoms with Crippen LogP contribution in [0.1, 0.15) is 89.9 Å². The van der Waals surface area contributed by atoms with Gasteiger partial charge in [-0.3, -0.25) is 24.0 Å². The van der Waals surface area contributed by atoms with Crippen LogP contribution >= 0.6 is 0 Å². The van der Waals surface area contributed by atoms with Crippen molar-refractivity contribution < 1.29 is 76.3 Å². The van der Waals surface area contributed by atoms with E-state index in [0.717, 1.165) is 18.2 Å². The fourth-order valence-electron chi connectivity index (χ4n) is 4.91. The van der Waals surface area contributed by atoms with E-state index in [0.29, 0.717) is 51.4 Å². The van der Waals surface area contributed by atoms with Crippen LogP contribution in [-0.4, -0.2) is 105 Å². The van der Waals surface area contributed by atoms with Crippen LogP contribution < -0.4 is 0 Å². The molecule has 0 aromatic rings. The SMILES string of the molecule is C=CC(=O)CCCCCC(=O)O[C@@H]1[C@@H](OC(=O)CCCCOC(=O)C=C)[C@H](OC(=O)CCCCOC(=O)C=C)CO[C@H]1COC(=O)CCCCOC(=O)C=C. The fraction of sp³-hybridized carbons (Fsp3) is 0.590. The van der Waals surface area contributed by atoms with Crippen molar-refractivity contribution in [2.45, 2.75) is 114 Å². The predicted octanol–water partition coefficient (Wildman–Crippen LogP) is 4.07. The molecular formula is C39H54O16. The van der Waals surface area contributed by atoms with Gasteiger partial charge in [0.1, 0.15) is 12.7 Å². The van der Waals surface area contributed by atoms with Crippen molar-refractivity contribution in [1.29, 1.82) is 0 Å². The molecule has 16 nitrogen and oxygen atoms in total. The lowest BCUT2D eigenvalue weighted by Crippen LogP contribution is -2.59. The minimum absolute atomic E-state index is 0.0231. The summed E-state index contributed by atoms with van der Waals surface area (Å²) >= 11 is 0. The van der Waals surface area contributed by atoms with Crippen molar-refractivity contribution in [2.24, 2.45) is 0 Å². The molecule has 0 aliphatic carbocycles. The van der Waals surface area contributed by atoms with E-state index in [1.54, 1.807) is 0 Å². The molecule has 0 amide bonds. The number of unbranched alkanes of at least 4 members (excludes halogenated alkanes) is 5. The Kier molecular flexibility index (Phi) is 25.5. The number of carbonyl (C=O) groups is 8. The van der Waals surface area contributed by atoms with Gasteiger partial charge in [-0.15, -0.1) is 0 Å². The first-order chi connectivity index (χ1) is 26.4. The van der Waals surface area contributed by atoms with Gasteiger partial charge < -0.3 is 37.9 Å². The molecule has 16 heteroatoms. The molecule has 1 aliphatic heterocycles. The standard InChI is InChI=1S/C39H54O16/c1-5-28(40)18-10-9-11-20-36(46)54-38-29(26-52-34(44)19-12-15-23-48-31(41)6-2)51-27-30(53-35(45)21-13-16-24-49-32(42)7-3)39(38)55-37(47)22-14-17-25-50-33(43)8-4/h5-8,29-30,38-39H,1-4,9-27H2/t29-,30+,38-,39-/m0/s1. The molecule has 0 radical (unpaired) electrons.